The number of sulfonamides is 1. The average Bonchev–Trinajstić information content (AvgIpc) is 2.82. The van der Waals surface area contributed by atoms with Gasteiger partial charge in [-0.1, -0.05) is 37.6 Å². The van der Waals surface area contributed by atoms with E-state index < -0.39 is 15.4 Å². The highest BCUT2D eigenvalue weighted by atomic mass is 35.5. The summed E-state index contributed by atoms with van der Waals surface area (Å²) in [5, 5.41) is 10.1. The molecule has 0 aliphatic heterocycles. The van der Waals surface area contributed by atoms with Gasteiger partial charge in [-0.2, -0.15) is 5.26 Å². The zero-order valence-corrected chi connectivity index (χ0v) is 23.0. The van der Waals surface area contributed by atoms with Gasteiger partial charge < -0.3 is 14.4 Å². The van der Waals surface area contributed by atoms with E-state index in [-0.39, 0.29) is 12.6 Å². The van der Waals surface area contributed by atoms with Crippen molar-refractivity contribution in [3.63, 3.8) is 0 Å². The molecule has 1 N–H and O–H groups in total. The van der Waals surface area contributed by atoms with E-state index in [4.69, 9.17) is 21.1 Å². The van der Waals surface area contributed by atoms with E-state index in [1.165, 1.54) is 6.20 Å². The number of hydrogen-bond acceptors (Lipinski definition) is 8. The number of benzene rings is 2. The molecule has 3 rings (SSSR count). The molecule has 0 unspecified atom stereocenters. The molecule has 3 aromatic rings. The number of rotatable bonds is 11. The van der Waals surface area contributed by atoms with Crippen LogP contribution < -0.4 is 14.2 Å². The van der Waals surface area contributed by atoms with Gasteiger partial charge in [0, 0.05) is 18.2 Å². The number of nitrogens with one attached hydrogen (secondary N) is 1. The van der Waals surface area contributed by atoms with Crippen LogP contribution in [0.3, 0.4) is 0 Å². The summed E-state index contributed by atoms with van der Waals surface area (Å²) >= 11 is 6.54. The Morgan fingerprint density at radius 1 is 1.11 bits per heavy atom. The zero-order chi connectivity index (χ0) is 27.2. The first-order valence-electron chi connectivity index (χ1n) is 11.4. The van der Waals surface area contributed by atoms with Crippen molar-refractivity contribution >= 4 is 27.6 Å². The Balaban J connectivity index is 1.73. The minimum absolute atomic E-state index is 0.00906. The maximum atomic E-state index is 11.4. The van der Waals surface area contributed by atoms with E-state index >= 15 is 0 Å². The summed E-state index contributed by atoms with van der Waals surface area (Å²) in [7, 11) is 0.425. The summed E-state index contributed by atoms with van der Waals surface area (Å²) in [6, 6.07) is 15.1. The Morgan fingerprint density at radius 2 is 1.81 bits per heavy atom. The lowest BCUT2D eigenvalue weighted by Gasteiger charge is -2.27. The van der Waals surface area contributed by atoms with E-state index in [2.05, 4.69) is 34.6 Å². The molecule has 196 valence electrons. The molecule has 0 bridgehead atoms. The molecule has 0 aliphatic carbocycles. The molecule has 0 spiro atoms. The summed E-state index contributed by atoms with van der Waals surface area (Å²) in [6.07, 6.45) is 2.50. The molecule has 9 nitrogen and oxygen atoms in total. The molecule has 0 amide bonds. The Kier molecular flexibility index (Phi) is 8.97. The SMILES string of the molecule is CN(C)CCOc1c(Cl)cc(C(C)(C)c2ccc(OCc3ccnc(NS(C)(=O)=O)n3)cc2)cc1C#N. The number of aromatic nitrogens is 2. The van der Waals surface area contributed by atoms with E-state index in [0.29, 0.717) is 40.9 Å². The lowest BCUT2D eigenvalue weighted by Crippen LogP contribution is -2.21. The summed E-state index contributed by atoms with van der Waals surface area (Å²) in [6.45, 7) is 5.38. The van der Waals surface area contributed by atoms with Crippen molar-refractivity contribution < 1.29 is 17.9 Å². The fourth-order valence-electron chi connectivity index (χ4n) is 3.50. The number of ether oxygens (including phenoxy) is 2. The number of likely N-dealkylation sites (N-methyl/N-ethyl adjacent to an activating group) is 1. The van der Waals surface area contributed by atoms with Crippen LogP contribution in [-0.2, 0) is 22.0 Å². The number of hydrogen-bond donors (Lipinski definition) is 1. The van der Waals surface area contributed by atoms with Crippen LogP contribution in [0.4, 0.5) is 5.95 Å². The number of nitriles is 1. The molecule has 0 atom stereocenters. The predicted octanol–water partition coefficient (Wildman–Crippen LogP) is 4.22. The fourth-order valence-corrected chi connectivity index (χ4v) is 4.20. The first-order valence-corrected chi connectivity index (χ1v) is 13.7. The average molecular weight is 544 g/mol. The van der Waals surface area contributed by atoms with Gasteiger partial charge in [-0.05, 0) is 55.6 Å². The summed E-state index contributed by atoms with van der Waals surface area (Å²) < 4.78 is 36.6. The van der Waals surface area contributed by atoms with Crippen molar-refractivity contribution in [2.24, 2.45) is 0 Å². The van der Waals surface area contributed by atoms with Crippen molar-refractivity contribution in [2.45, 2.75) is 25.9 Å². The first-order chi connectivity index (χ1) is 17.4. The molecule has 0 saturated carbocycles. The molecule has 0 fully saturated rings. The molecule has 0 saturated heterocycles. The minimum atomic E-state index is -3.47. The zero-order valence-electron chi connectivity index (χ0n) is 21.4. The molecule has 37 heavy (non-hydrogen) atoms. The Hall–Kier alpha value is -3.39. The Labute approximate surface area is 223 Å². The van der Waals surface area contributed by atoms with Crippen LogP contribution in [0.1, 0.15) is 36.2 Å². The van der Waals surface area contributed by atoms with Crippen molar-refractivity contribution in [3.8, 4) is 17.6 Å². The van der Waals surface area contributed by atoms with Crippen LogP contribution in [0.5, 0.6) is 11.5 Å². The van der Waals surface area contributed by atoms with E-state index in [1.54, 1.807) is 6.07 Å². The summed E-state index contributed by atoms with van der Waals surface area (Å²) in [5.74, 6) is 1.01. The third-order valence-corrected chi connectivity index (χ3v) is 6.46. The third-order valence-electron chi connectivity index (χ3n) is 5.62. The van der Waals surface area contributed by atoms with Crippen LogP contribution in [-0.4, -0.2) is 56.8 Å². The lowest BCUT2D eigenvalue weighted by molar-refractivity contribution is 0.261. The van der Waals surface area contributed by atoms with Gasteiger partial charge in [0.15, 0.2) is 5.75 Å². The second-order valence-corrected chi connectivity index (χ2v) is 11.4. The number of nitrogens with zero attached hydrogens (tertiary/aromatic N) is 4. The molecule has 0 aliphatic rings. The molecular weight excluding hydrogens is 514 g/mol. The highest BCUT2D eigenvalue weighted by Gasteiger charge is 2.26. The predicted molar refractivity (Wildman–Crippen MR) is 144 cm³/mol. The van der Waals surface area contributed by atoms with Gasteiger partial charge in [0.05, 0.1) is 22.5 Å². The Bertz CT molecular complexity index is 1390. The van der Waals surface area contributed by atoms with Crippen LogP contribution in [0.15, 0.2) is 48.7 Å². The van der Waals surface area contributed by atoms with Crippen LogP contribution in [0.2, 0.25) is 5.02 Å². The first kappa shape index (κ1) is 28.2. The maximum Gasteiger partial charge on any atom is 0.236 e. The molecular formula is C26H30ClN5O4S. The Morgan fingerprint density at radius 3 is 2.43 bits per heavy atom. The standard InChI is InChI=1S/C26H30ClN5O4S/c1-26(2,20-14-18(16-28)24(23(27)15-20)35-13-12-32(3)4)19-6-8-22(9-7-19)36-17-21-10-11-29-25(30-21)31-37(5,33)34/h6-11,14-15H,12-13,17H2,1-5H3,(H,29,30,31). The topological polar surface area (TPSA) is 117 Å². The second kappa shape index (κ2) is 11.8. The van der Waals surface area contributed by atoms with Gasteiger partial charge in [0.25, 0.3) is 0 Å². The van der Waals surface area contributed by atoms with Crippen LogP contribution in [0, 0.1) is 11.3 Å². The normalized spacial score (nSPS) is 11.7. The minimum Gasteiger partial charge on any atom is -0.489 e. The van der Waals surface area contributed by atoms with Crippen molar-refractivity contribution in [1.82, 2.24) is 14.9 Å². The van der Waals surface area contributed by atoms with Gasteiger partial charge in [-0.15, -0.1) is 0 Å². The van der Waals surface area contributed by atoms with E-state index in [9.17, 15) is 13.7 Å². The molecule has 11 heteroatoms. The smallest absolute Gasteiger partial charge is 0.236 e. The van der Waals surface area contributed by atoms with Gasteiger partial charge in [-0.3, -0.25) is 4.72 Å². The molecule has 0 radical (unpaired) electrons. The molecule has 1 aromatic heterocycles. The third kappa shape index (κ3) is 7.79. The van der Waals surface area contributed by atoms with E-state index in [0.717, 1.165) is 17.4 Å². The van der Waals surface area contributed by atoms with Gasteiger partial charge in [0.1, 0.15) is 25.0 Å². The van der Waals surface area contributed by atoms with Crippen molar-refractivity contribution in [3.05, 3.63) is 76.1 Å². The van der Waals surface area contributed by atoms with Gasteiger partial charge in [-0.25, -0.2) is 18.4 Å². The second-order valence-electron chi connectivity index (χ2n) is 9.28. The maximum absolute atomic E-state index is 11.4. The van der Waals surface area contributed by atoms with Crippen molar-refractivity contribution in [2.75, 3.05) is 38.2 Å². The fraction of sp³-hybridized carbons (Fsp3) is 0.346. The quantitative estimate of drug-likeness (QED) is 0.382. The highest BCUT2D eigenvalue weighted by molar-refractivity contribution is 7.91. The summed E-state index contributed by atoms with van der Waals surface area (Å²) in [5.41, 5.74) is 2.35. The van der Waals surface area contributed by atoms with Crippen molar-refractivity contribution in [1.29, 1.82) is 5.26 Å². The van der Waals surface area contributed by atoms with E-state index in [1.807, 2.05) is 55.4 Å². The largest absolute Gasteiger partial charge is 0.489 e. The molecule has 2 aromatic carbocycles. The summed E-state index contributed by atoms with van der Waals surface area (Å²) in [4.78, 5) is 10.0. The monoisotopic (exact) mass is 543 g/mol. The number of anilines is 1. The van der Waals surface area contributed by atoms with Gasteiger partial charge in [0.2, 0.25) is 16.0 Å². The number of halogens is 1. The van der Waals surface area contributed by atoms with Gasteiger partial charge >= 0.3 is 0 Å². The lowest BCUT2D eigenvalue weighted by atomic mass is 9.77. The van der Waals surface area contributed by atoms with Crippen LogP contribution >= 0.6 is 11.6 Å². The highest BCUT2D eigenvalue weighted by Crippen LogP contribution is 2.38. The molecule has 1 heterocycles. The van der Waals surface area contributed by atoms with Crippen LogP contribution in [0.25, 0.3) is 0 Å².